The van der Waals surface area contributed by atoms with E-state index in [0.29, 0.717) is 23.6 Å². The molecule has 2 fully saturated rings. The molecule has 2 aliphatic rings. The molecule has 2 N–H and O–H groups in total. The number of aromatic amines is 1. The van der Waals surface area contributed by atoms with Gasteiger partial charge in [-0.3, -0.25) is 4.79 Å². The molecule has 1 aromatic heterocycles. The molecule has 114 valence electrons. The lowest BCUT2D eigenvalue weighted by molar-refractivity contribution is -0.0528. The third kappa shape index (κ3) is 2.33. The van der Waals surface area contributed by atoms with Crippen molar-refractivity contribution in [3.05, 3.63) is 59.9 Å². The number of rotatable bonds is 4. The molecule has 4 atom stereocenters. The van der Waals surface area contributed by atoms with Crippen LogP contribution < -0.4 is 5.32 Å². The van der Waals surface area contributed by atoms with Crippen LogP contribution in [0.15, 0.2) is 48.7 Å². The Hall–Kier alpha value is -2.07. The molecule has 2 aromatic rings. The Morgan fingerprint density at radius 3 is 2.86 bits per heavy atom. The maximum atomic E-state index is 12.3. The van der Waals surface area contributed by atoms with Crippen molar-refractivity contribution in [3.63, 3.8) is 0 Å². The smallest absolute Gasteiger partial charge is 0.267 e. The van der Waals surface area contributed by atoms with E-state index in [1.165, 1.54) is 5.56 Å². The largest absolute Gasteiger partial charge is 0.377 e. The van der Waals surface area contributed by atoms with E-state index >= 15 is 0 Å². The van der Waals surface area contributed by atoms with Crippen molar-refractivity contribution < 1.29 is 9.53 Å². The van der Waals surface area contributed by atoms with Gasteiger partial charge in [0.15, 0.2) is 0 Å². The van der Waals surface area contributed by atoms with Crippen LogP contribution in [0.2, 0.25) is 0 Å². The van der Waals surface area contributed by atoms with Gasteiger partial charge in [-0.2, -0.15) is 0 Å². The van der Waals surface area contributed by atoms with E-state index in [4.69, 9.17) is 4.74 Å². The van der Waals surface area contributed by atoms with Gasteiger partial charge < -0.3 is 15.0 Å². The minimum absolute atomic E-state index is 0.0154. The first-order valence-corrected chi connectivity index (χ1v) is 7.93. The lowest BCUT2D eigenvalue weighted by Crippen LogP contribution is -2.62. The van der Waals surface area contributed by atoms with E-state index in [1.54, 1.807) is 6.20 Å². The summed E-state index contributed by atoms with van der Waals surface area (Å²) in [4.78, 5) is 15.3. The molecule has 1 saturated heterocycles. The zero-order valence-corrected chi connectivity index (χ0v) is 12.4. The van der Waals surface area contributed by atoms with Crippen LogP contribution >= 0.6 is 0 Å². The van der Waals surface area contributed by atoms with Gasteiger partial charge in [-0.15, -0.1) is 0 Å². The monoisotopic (exact) mass is 296 g/mol. The predicted octanol–water partition coefficient (Wildman–Crippen LogP) is 2.39. The maximum absolute atomic E-state index is 12.3. The Labute approximate surface area is 129 Å². The third-order valence-corrected chi connectivity index (χ3v) is 4.98. The van der Waals surface area contributed by atoms with Gasteiger partial charge in [-0.05, 0) is 30.5 Å². The zero-order valence-electron chi connectivity index (χ0n) is 12.4. The summed E-state index contributed by atoms with van der Waals surface area (Å²) in [5.74, 6) is 0.819. The van der Waals surface area contributed by atoms with Gasteiger partial charge in [0.2, 0.25) is 0 Å². The first kappa shape index (κ1) is 13.6. The standard InChI is InChI=1S/C18H20N2O2/c21-18(15-7-4-9-19-15)20-16-13-8-10-22-17(13)14(16)11-12-5-2-1-3-6-12/h1-7,9,13-14,16-17,19H,8,10-11H2,(H,20,21)/t13-,14+,16-,17-/m1/s1. The second-order valence-corrected chi connectivity index (χ2v) is 6.22. The summed E-state index contributed by atoms with van der Waals surface area (Å²) in [6.07, 6.45) is 4.08. The number of fused-ring (bicyclic) bond motifs is 1. The van der Waals surface area contributed by atoms with Crippen molar-refractivity contribution in [2.45, 2.75) is 25.0 Å². The van der Waals surface area contributed by atoms with E-state index in [9.17, 15) is 4.79 Å². The first-order valence-electron chi connectivity index (χ1n) is 7.93. The van der Waals surface area contributed by atoms with Gasteiger partial charge in [0.05, 0.1) is 6.10 Å². The van der Waals surface area contributed by atoms with E-state index in [-0.39, 0.29) is 11.9 Å². The Morgan fingerprint density at radius 1 is 1.23 bits per heavy atom. The average Bonchev–Trinajstić information content (AvgIpc) is 3.21. The summed E-state index contributed by atoms with van der Waals surface area (Å²) in [7, 11) is 0. The molecule has 0 radical (unpaired) electrons. The molecule has 0 unspecified atom stereocenters. The number of H-pyrrole nitrogens is 1. The van der Waals surface area contributed by atoms with Crippen LogP contribution in [0.5, 0.6) is 0 Å². The van der Waals surface area contributed by atoms with Crippen LogP contribution in [0, 0.1) is 11.8 Å². The van der Waals surface area contributed by atoms with Crippen LogP contribution in [-0.4, -0.2) is 29.6 Å². The maximum Gasteiger partial charge on any atom is 0.267 e. The van der Waals surface area contributed by atoms with Crippen molar-refractivity contribution >= 4 is 5.91 Å². The van der Waals surface area contributed by atoms with Crippen LogP contribution in [0.25, 0.3) is 0 Å². The molecule has 4 heteroatoms. The summed E-state index contributed by atoms with van der Waals surface area (Å²) in [6, 6.07) is 14.3. The molecule has 2 heterocycles. The predicted molar refractivity (Wildman–Crippen MR) is 83.5 cm³/mol. The summed E-state index contributed by atoms with van der Waals surface area (Å²) < 4.78 is 5.88. The van der Waals surface area contributed by atoms with Crippen LogP contribution in [0.3, 0.4) is 0 Å². The SMILES string of the molecule is O=C(N[C@@H]1[C@H]2CCO[C@H]2[C@H]1Cc1ccccc1)c1ccc[nH]1. The highest BCUT2D eigenvalue weighted by Crippen LogP contribution is 2.45. The first-order chi connectivity index (χ1) is 10.8. The average molecular weight is 296 g/mol. The Kier molecular flexibility index (Phi) is 3.47. The van der Waals surface area contributed by atoms with Crippen molar-refractivity contribution in [2.75, 3.05) is 6.61 Å². The molecule has 1 aliphatic carbocycles. The lowest BCUT2D eigenvalue weighted by Gasteiger charge is -2.48. The molecular weight excluding hydrogens is 276 g/mol. The number of amides is 1. The number of carbonyl (C=O) groups excluding carboxylic acids is 1. The summed E-state index contributed by atoms with van der Waals surface area (Å²) in [5, 5.41) is 3.21. The van der Waals surface area contributed by atoms with Crippen LogP contribution in [0.4, 0.5) is 0 Å². The van der Waals surface area contributed by atoms with Crippen molar-refractivity contribution in [3.8, 4) is 0 Å². The fraction of sp³-hybridized carbons (Fsp3) is 0.389. The summed E-state index contributed by atoms with van der Waals surface area (Å²) >= 11 is 0. The highest BCUT2D eigenvalue weighted by molar-refractivity contribution is 5.92. The molecular formula is C18H20N2O2. The fourth-order valence-electron chi connectivity index (χ4n) is 3.87. The third-order valence-electron chi connectivity index (χ3n) is 4.98. The molecule has 0 spiro atoms. The summed E-state index contributed by atoms with van der Waals surface area (Å²) in [5.41, 5.74) is 1.93. The van der Waals surface area contributed by atoms with Gasteiger partial charge in [-0.1, -0.05) is 30.3 Å². The Morgan fingerprint density at radius 2 is 2.09 bits per heavy atom. The van der Waals surface area contributed by atoms with E-state index in [0.717, 1.165) is 19.4 Å². The highest BCUT2D eigenvalue weighted by atomic mass is 16.5. The van der Waals surface area contributed by atoms with Gasteiger partial charge in [0, 0.05) is 30.7 Å². The van der Waals surface area contributed by atoms with E-state index in [1.807, 2.05) is 18.2 Å². The number of aromatic nitrogens is 1. The minimum Gasteiger partial charge on any atom is -0.377 e. The van der Waals surface area contributed by atoms with Crippen LogP contribution in [0.1, 0.15) is 22.5 Å². The van der Waals surface area contributed by atoms with E-state index < -0.39 is 0 Å². The molecule has 1 amide bonds. The van der Waals surface area contributed by atoms with Gasteiger partial charge in [0.25, 0.3) is 5.91 Å². The molecule has 1 aromatic carbocycles. The quantitative estimate of drug-likeness (QED) is 0.910. The summed E-state index contributed by atoms with van der Waals surface area (Å²) in [6.45, 7) is 0.815. The van der Waals surface area contributed by atoms with Crippen LogP contribution in [-0.2, 0) is 11.2 Å². The Balaban J connectivity index is 1.48. The number of hydrogen-bond donors (Lipinski definition) is 2. The lowest BCUT2D eigenvalue weighted by atomic mass is 9.64. The van der Waals surface area contributed by atoms with Gasteiger partial charge in [-0.25, -0.2) is 0 Å². The minimum atomic E-state index is -0.0154. The van der Waals surface area contributed by atoms with Crippen molar-refractivity contribution in [2.24, 2.45) is 11.8 Å². The molecule has 22 heavy (non-hydrogen) atoms. The molecule has 4 nitrogen and oxygen atoms in total. The molecule has 4 rings (SSSR count). The number of benzene rings is 1. The topological polar surface area (TPSA) is 54.1 Å². The second kappa shape index (κ2) is 5.61. The van der Waals surface area contributed by atoms with Gasteiger partial charge in [0.1, 0.15) is 5.69 Å². The highest BCUT2D eigenvalue weighted by Gasteiger charge is 2.54. The normalized spacial score (nSPS) is 29.6. The number of nitrogens with one attached hydrogen (secondary N) is 2. The van der Waals surface area contributed by atoms with E-state index in [2.05, 4.69) is 34.6 Å². The number of carbonyl (C=O) groups is 1. The molecule has 0 bridgehead atoms. The number of hydrogen-bond acceptors (Lipinski definition) is 2. The fourth-order valence-corrected chi connectivity index (χ4v) is 3.87. The van der Waals surface area contributed by atoms with Gasteiger partial charge >= 0.3 is 0 Å². The second-order valence-electron chi connectivity index (χ2n) is 6.22. The van der Waals surface area contributed by atoms with Crippen molar-refractivity contribution in [1.82, 2.24) is 10.3 Å². The number of ether oxygens (including phenoxy) is 1. The van der Waals surface area contributed by atoms with Crippen molar-refractivity contribution in [1.29, 1.82) is 0 Å². The zero-order chi connectivity index (χ0) is 14.9. The molecule has 1 aliphatic heterocycles. The molecule has 1 saturated carbocycles. The Bertz CT molecular complexity index is 638.